The van der Waals surface area contributed by atoms with Crippen LogP contribution in [0.3, 0.4) is 0 Å². The first-order valence-electron chi connectivity index (χ1n) is 5.09. The summed E-state index contributed by atoms with van der Waals surface area (Å²) in [5.41, 5.74) is 1.06. The smallest absolute Gasteiger partial charge is 0.256 e. The van der Waals surface area contributed by atoms with Crippen molar-refractivity contribution in [2.24, 2.45) is 0 Å². The van der Waals surface area contributed by atoms with E-state index in [-0.39, 0.29) is 11.7 Å². The summed E-state index contributed by atoms with van der Waals surface area (Å²) in [6.07, 6.45) is 0. The van der Waals surface area contributed by atoms with Crippen molar-refractivity contribution in [3.8, 4) is 0 Å². The van der Waals surface area contributed by atoms with E-state index >= 15 is 0 Å². The van der Waals surface area contributed by atoms with E-state index in [9.17, 15) is 9.18 Å². The number of carbonyl (C=O) groups excluding carboxylic acids is 1. The third-order valence-corrected chi connectivity index (χ3v) is 3.60. The molecule has 0 saturated carbocycles. The topological polar surface area (TPSA) is 29.1 Å². The second-order valence-corrected chi connectivity index (χ2v) is 5.27. The Labute approximate surface area is 120 Å². The molecular formula is C13H8Br2FNO. The molecule has 0 heterocycles. The molecule has 18 heavy (non-hydrogen) atoms. The van der Waals surface area contributed by atoms with Crippen LogP contribution >= 0.6 is 31.9 Å². The quantitative estimate of drug-likeness (QED) is 0.819. The van der Waals surface area contributed by atoms with Crippen molar-refractivity contribution < 1.29 is 9.18 Å². The van der Waals surface area contributed by atoms with Crippen LogP contribution in [0.4, 0.5) is 10.1 Å². The lowest BCUT2D eigenvalue weighted by molar-refractivity contribution is 0.102. The van der Waals surface area contributed by atoms with Gasteiger partial charge in [-0.15, -0.1) is 0 Å². The summed E-state index contributed by atoms with van der Waals surface area (Å²) in [6, 6.07) is 11.4. The monoisotopic (exact) mass is 371 g/mol. The Hall–Kier alpha value is -1.20. The minimum atomic E-state index is -0.367. The standard InChI is InChI=1S/C13H8Br2FNO/c14-10-4-2-1-3-9(10)13(18)17-8-5-6-12(16)11(15)7-8/h1-7H,(H,17,18). The Balaban J connectivity index is 2.22. The maximum atomic E-state index is 13.1. The van der Waals surface area contributed by atoms with Crippen LogP contribution in [0, 0.1) is 5.82 Å². The molecule has 0 atom stereocenters. The molecule has 0 saturated heterocycles. The lowest BCUT2D eigenvalue weighted by Gasteiger charge is -2.07. The molecular weight excluding hydrogens is 365 g/mol. The number of hydrogen-bond acceptors (Lipinski definition) is 1. The average molecular weight is 373 g/mol. The highest BCUT2D eigenvalue weighted by atomic mass is 79.9. The lowest BCUT2D eigenvalue weighted by atomic mass is 10.2. The average Bonchev–Trinajstić information content (AvgIpc) is 2.34. The van der Waals surface area contributed by atoms with Gasteiger partial charge in [-0.3, -0.25) is 4.79 Å². The molecule has 0 spiro atoms. The Bertz CT molecular complexity index is 601. The van der Waals surface area contributed by atoms with Gasteiger partial charge < -0.3 is 5.32 Å². The Morgan fingerprint density at radius 3 is 2.44 bits per heavy atom. The van der Waals surface area contributed by atoms with Gasteiger partial charge in [-0.1, -0.05) is 12.1 Å². The maximum absolute atomic E-state index is 13.1. The van der Waals surface area contributed by atoms with Gasteiger partial charge >= 0.3 is 0 Å². The van der Waals surface area contributed by atoms with Crippen LogP contribution in [0.15, 0.2) is 51.4 Å². The number of nitrogens with one attached hydrogen (secondary N) is 1. The van der Waals surface area contributed by atoms with E-state index in [2.05, 4.69) is 37.2 Å². The number of rotatable bonds is 2. The zero-order chi connectivity index (χ0) is 13.1. The molecule has 2 nitrogen and oxygen atoms in total. The number of halogens is 3. The van der Waals surface area contributed by atoms with Crippen molar-refractivity contribution in [2.45, 2.75) is 0 Å². The number of anilines is 1. The number of benzene rings is 2. The highest BCUT2D eigenvalue weighted by molar-refractivity contribution is 9.10. The van der Waals surface area contributed by atoms with Gasteiger partial charge in [-0.2, -0.15) is 0 Å². The van der Waals surface area contributed by atoms with Gasteiger partial charge in [0.2, 0.25) is 0 Å². The summed E-state index contributed by atoms with van der Waals surface area (Å²) in [6.45, 7) is 0. The molecule has 2 aromatic carbocycles. The molecule has 1 amide bonds. The van der Waals surface area contributed by atoms with Gasteiger partial charge in [0.1, 0.15) is 5.82 Å². The highest BCUT2D eigenvalue weighted by Gasteiger charge is 2.10. The van der Waals surface area contributed by atoms with Crippen molar-refractivity contribution in [1.29, 1.82) is 0 Å². The van der Waals surface area contributed by atoms with Gasteiger partial charge in [0.15, 0.2) is 0 Å². The fourth-order valence-corrected chi connectivity index (χ4v) is 2.26. The van der Waals surface area contributed by atoms with Crippen molar-refractivity contribution in [1.82, 2.24) is 0 Å². The molecule has 0 radical (unpaired) electrons. The summed E-state index contributed by atoms with van der Waals surface area (Å²) in [4.78, 5) is 12.0. The van der Waals surface area contributed by atoms with Crippen LogP contribution in [0.2, 0.25) is 0 Å². The summed E-state index contributed by atoms with van der Waals surface area (Å²) in [7, 11) is 0. The molecule has 92 valence electrons. The normalized spacial score (nSPS) is 10.2. The lowest BCUT2D eigenvalue weighted by Crippen LogP contribution is -2.12. The van der Waals surface area contributed by atoms with Gasteiger partial charge in [0, 0.05) is 10.2 Å². The SMILES string of the molecule is O=C(Nc1ccc(F)c(Br)c1)c1ccccc1Br. The molecule has 0 fully saturated rings. The molecule has 0 unspecified atom stereocenters. The van der Waals surface area contributed by atoms with Crippen LogP contribution in [-0.4, -0.2) is 5.91 Å². The van der Waals surface area contributed by atoms with E-state index < -0.39 is 0 Å². The van der Waals surface area contributed by atoms with E-state index in [0.29, 0.717) is 20.2 Å². The minimum absolute atomic E-state index is 0.249. The van der Waals surface area contributed by atoms with Crippen molar-refractivity contribution in [3.63, 3.8) is 0 Å². The van der Waals surface area contributed by atoms with Crippen molar-refractivity contribution >= 4 is 43.5 Å². The first-order chi connectivity index (χ1) is 8.58. The van der Waals surface area contributed by atoms with Crippen molar-refractivity contribution in [3.05, 3.63) is 62.8 Å². The van der Waals surface area contributed by atoms with Gasteiger partial charge in [0.25, 0.3) is 5.91 Å². The third-order valence-electron chi connectivity index (χ3n) is 2.30. The second-order valence-electron chi connectivity index (χ2n) is 3.56. The number of hydrogen-bond donors (Lipinski definition) is 1. The van der Waals surface area contributed by atoms with Crippen LogP contribution in [0.5, 0.6) is 0 Å². The van der Waals surface area contributed by atoms with Gasteiger partial charge in [-0.25, -0.2) is 4.39 Å². The van der Waals surface area contributed by atoms with E-state index in [4.69, 9.17) is 0 Å². The van der Waals surface area contributed by atoms with Crippen LogP contribution < -0.4 is 5.32 Å². The largest absolute Gasteiger partial charge is 0.322 e. The molecule has 2 aromatic rings. The minimum Gasteiger partial charge on any atom is -0.322 e. The Morgan fingerprint density at radius 1 is 1.06 bits per heavy atom. The molecule has 0 aliphatic carbocycles. The van der Waals surface area contributed by atoms with Gasteiger partial charge in [0.05, 0.1) is 10.0 Å². The van der Waals surface area contributed by atoms with Crippen LogP contribution in [-0.2, 0) is 0 Å². The maximum Gasteiger partial charge on any atom is 0.256 e. The zero-order valence-corrected chi connectivity index (χ0v) is 12.3. The summed E-state index contributed by atoms with van der Waals surface area (Å²) < 4.78 is 14.1. The first-order valence-corrected chi connectivity index (χ1v) is 6.67. The molecule has 0 aromatic heterocycles. The van der Waals surface area contributed by atoms with Crippen LogP contribution in [0.25, 0.3) is 0 Å². The number of amides is 1. The number of carbonyl (C=O) groups is 1. The van der Waals surface area contributed by atoms with E-state index in [0.717, 1.165) is 0 Å². The molecule has 0 aliphatic heterocycles. The molecule has 0 aliphatic rings. The molecule has 5 heteroatoms. The Morgan fingerprint density at radius 2 is 1.78 bits per heavy atom. The van der Waals surface area contributed by atoms with E-state index in [1.165, 1.54) is 18.2 Å². The summed E-state index contributed by atoms with van der Waals surface area (Å²) in [5, 5.41) is 2.70. The van der Waals surface area contributed by atoms with Crippen molar-refractivity contribution in [2.75, 3.05) is 5.32 Å². The Kier molecular flexibility index (Phi) is 4.14. The second kappa shape index (κ2) is 5.63. The third kappa shape index (κ3) is 2.97. The predicted octanol–water partition coefficient (Wildman–Crippen LogP) is 4.60. The molecule has 1 N–H and O–H groups in total. The fraction of sp³-hybridized carbons (Fsp3) is 0. The van der Waals surface area contributed by atoms with E-state index in [1.54, 1.807) is 18.2 Å². The summed E-state index contributed by atoms with van der Waals surface area (Å²) in [5.74, 6) is -0.616. The molecule has 2 rings (SSSR count). The van der Waals surface area contributed by atoms with Gasteiger partial charge in [-0.05, 0) is 62.2 Å². The highest BCUT2D eigenvalue weighted by Crippen LogP contribution is 2.22. The summed E-state index contributed by atoms with van der Waals surface area (Å²) >= 11 is 6.38. The first kappa shape index (κ1) is 13.2. The molecule has 0 bridgehead atoms. The fourth-order valence-electron chi connectivity index (χ4n) is 1.42. The predicted molar refractivity (Wildman–Crippen MR) is 76.2 cm³/mol. The van der Waals surface area contributed by atoms with E-state index in [1.807, 2.05) is 6.07 Å². The zero-order valence-electron chi connectivity index (χ0n) is 9.08. The van der Waals surface area contributed by atoms with Crippen LogP contribution in [0.1, 0.15) is 10.4 Å².